The van der Waals surface area contributed by atoms with Crippen LogP contribution in [0.5, 0.6) is 11.5 Å². The Morgan fingerprint density at radius 3 is 2.14 bits per heavy atom. The van der Waals surface area contributed by atoms with Crippen molar-refractivity contribution in [1.82, 2.24) is 4.31 Å². The summed E-state index contributed by atoms with van der Waals surface area (Å²) in [7, 11) is -0.638. The molecule has 2 atom stereocenters. The van der Waals surface area contributed by atoms with Gasteiger partial charge >= 0.3 is 0 Å². The van der Waals surface area contributed by atoms with Gasteiger partial charge in [0.1, 0.15) is 16.4 Å². The number of hydrogen-bond donors (Lipinski definition) is 0. The lowest BCUT2D eigenvalue weighted by Gasteiger charge is -2.34. The molecule has 1 aromatic rings. The van der Waals surface area contributed by atoms with E-state index in [1.54, 1.807) is 10.4 Å². The molecule has 1 aliphatic heterocycles. The van der Waals surface area contributed by atoms with E-state index >= 15 is 0 Å². The molecule has 0 aliphatic carbocycles. The third kappa shape index (κ3) is 3.41. The molecule has 0 aromatic heterocycles. The van der Waals surface area contributed by atoms with E-state index in [4.69, 9.17) is 9.47 Å². The minimum absolute atomic E-state index is 0.149. The van der Waals surface area contributed by atoms with E-state index in [2.05, 4.69) is 29.8 Å². The summed E-state index contributed by atoms with van der Waals surface area (Å²) in [5.41, 5.74) is 0. The standard InChI is InChI=1S/C15H22BrNO4S/c1-10-5-11(2)9-17(8-10)22(18,19)15-7-13(20-3)12(16)6-14(15)21-4/h6-7,10-11H,5,8-9H2,1-4H3/t10-,11-/m0/s1. The average molecular weight is 392 g/mol. The van der Waals surface area contributed by atoms with E-state index in [-0.39, 0.29) is 4.90 Å². The van der Waals surface area contributed by atoms with E-state index in [9.17, 15) is 8.42 Å². The SMILES string of the molecule is COc1cc(S(=O)(=O)N2C[C@@H](C)C[C@H](C)C2)c(OC)cc1Br. The van der Waals surface area contributed by atoms with Crippen LogP contribution >= 0.6 is 15.9 Å². The number of sulfonamides is 1. The minimum atomic E-state index is -3.61. The molecule has 7 heteroatoms. The van der Waals surface area contributed by atoms with Gasteiger partial charge in [0.2, 0.25) is 10.0 Å². The molecule has 0 saturated carbocycles. The lowest BCUT2D eigenvalue weighted by atomic mass is 9.94. The molecule has 0 unspecified atom stereocenters. The van der Waals surface area contributed by atoms with E-state index in [1.807, 2.05) is 0 Å². The zero-order valence-electron chi connectivity index (χ0n) is 13.3. The van der Waals surface area contributed by atoms with Crippen LogP contribution in [-0.4, -0.2) is 40.0 Å². The third-order valence-electron chi connectivity index (χ3n) is 3.89. The van der Waals surface area contributed by atoms with Crippen molar-refractivity contribution >= 4 is 26.0 Å². The molecular weight excluding hydrogens is 370 g/mol. The Bertz CT molecular complexity index is 637. The molecular formula is C15H22BrNO4S. The lowest BCUT2D eigenvalue weighted by molar-refractivity contribution is 0.222. The Balaban J connectivity index is 2.48. The van der Waals surface area contributed by atoms with Gasteiger partial charge in [-0.15, -0.1) is 0 Å². The Kier molecular flexibility index (Phi) is 5.40. The number of piperidine rings is 1. The summed E-state index contributed by atoms with van der Waals surface area (Å²) in [4.78, 5) is 0.149. The topological polar surface area (TPSA) is 55.8 Å². The van der Waals surface area contributed by atoms with Gasteiger partial charge in [-0.3, -0.25) is 0 Å². The third-order valence-corrected chi connectivity index (χ3v) is 6.36. The van der Waals surface area contributed by atoms with Gasteiger partial charge in [0.15, 0.2) is 0 Å². The number of halogens is 1. The van der Waals surface area contributed by atoms with E-state index in [1.165, 1.54) is 20.3 Å². The highest BCUT2D eigenvalue weighted by molar-refractivity contribution is 9.10. The van der Waals surface area contributed by atoms with Crippen LogP contribution in [0, 0.1) is 11.8 Å². The predicted octanol–water partition coefficient (Wildman–Crippen LogP) is 3.13. The molecule has 124 valence electrons. The quantitative estimate of drug-likeness (QED) is 0.790. The van der Waals surface area contributed by atoms with Gasteiger partial charge in [-0.1, -0.05) is 13.8 Å². The van der Waals surface area contributed by atoms with Gasteiger partial charge < -0.3 is 9.47 Å². The maximum Gasteiger partial charge on any atom is 0.246 e. The number of ether oxygens (including phenoxy) is 2. The van der Waals surface area contributed by atoms with E-state index in [0.29, 0.717) is 40.9 Å². The van der Waals surface area contributed by atoms with Crippen molar-refractivity contribution in [3.63, 3.8) is 0 Å². The molecule has 0 radical (unpaired) electrons. The van der Waals surface area contributed by atoms with Crippen molar-refractivity contribution in [1.29, 1.82) is 0 Å². The summed E-state index contributed by atoms with van der Waals surface area (Å²) in [5.74, 6) is 1.49. The Morgan fingerprint density at radius 2 is 1.64 bits per heavy atom. The van der Waals surface area contributed by atoms with Crippen LogP contribution in [0.2, 0.25) is 0 Å². The first-order valence-electron chi connectivity index (χ1n) is 7.21. The first kappa shape index (κ1) is 17.6. The summed E-state index contributed by atoms with van der Waals surface area (Å²) in [6.07, 6.45) is 1.05. The van der Waals surface area contributed by atoms with Crippen LogP contribution in [0.3, 0.4) is 0 Å². The zero-order chi connectivity index (χ0) is 16.5. The minimum Gasteiger partial charge on any atom is -0.496 e. The molecule has 22 heavy (non-hydrogen) atoms. The maximum absolute atomic E-state index is 13.0. The van der Waals surface area contributed by atoms with Crippen LogP contribution in [0.15, 0.2) is 21.5 Å². The first-order valence-corrected chi connectivity index (χ1v) is 9.44. The monoisotopic (exact) mass is 391 g/mol. The average Bonchev–Trinajstić information content (AvgIpc) is 2.45. The second kappa shape index (κ2) is 6.76. The summed E-state index contributed by atoms with van der Waals surface area (Å²) < 4.78 is 38.7. The summed E-state index contributed by atoms with van der Waals surface area (Å²) in [6, 6.07) is 3.14. The van der Waals surface area contributed by atoms with E-state index < -0.39 is 10.0 Å². The van der Waals surface area contributed by atoms with Crippen molar-refractivity contribution < 1.29 is 17.9 Å². The molecule has 1 heterocycles. The molecule has 1 fully saturated rings. The van der Waals surface area contributed by atoms with Crippen molar-refractivity contribution in [3.05, 3.63) is 16.6 Å². The van der Waals surface area contributed by atoms with Gasteiger partial charge in [0.25, 0.3) is 0 Å². The Morgan fingerprint density at radius 1 is 1.09 bits per heavy atom. The summed E-state index contributed by atoms with van der Waals surface area (Å²) in [5, 5.41) is 0. The molecule has 5 nitrogen and oxygen atoms in total. The Hall–Kier alpha value is -0.790. The van der Waals surface area contributed by atoms with Crippen LogP contribution in [0.4, 0.5) is 0 Å². The van der Waals surface area contributed by atoms with Gasteiger partial charge in [-0.2, -0.15) is 4.31 Å². The van der Waals surface area contributed by atoms with Gasteiger partial charge in [-0.05, 0) is 40.3 Å². The number of nitrogens with zero attached hydrogens (tertiary/aromatic N) is 1. The van der Waals surface area contributed by atoms with E-state index in [0.717, 1.165) is 6.42 Å². The highest BCUT2D eigenvalue weighted by Gasteiger charge is 2.34. The number of methoxy groups -OCH3 is 2. The second-order valence-corrected chi connectivity index (χ2v) is 8.67. The number of rotatable bonds is 4. The summed E-state index contributed by atoms with van der Waals surface area (Å²) >= 11 is 3.35. The fraction of sp³-hybridized carbons (Fsp3) is 0.600. The predicted molar refractivity (Wildman–Crippen MR) is 88.9 cm³/mol. The zero-order valence-corrected chi connectivity index (χ0v) is 15.7. The molecule has 0 amide bonds. The molecule has 0 spiro atoms. The van der Waals surface area contributed by atoms with Crippen molar-refractivity contribution in [2.75, 3.05) is 27.3 Å². The fourth-order valence-electron chi connectivity index (χ4n) is 2.98. The Labute approximate surface area is 140 Å². The number of hydrogen-bond acceptors (Lipinski definition) is 4. The van der Waals surface area contributed by atoms with Crippen LogP contribution in [0.25, 0.3) is 0 Å². The molecule has 1 aliphatic rings. The summed E-state index contributed by atoms with van der Waals surface area (Å²) in [6.45, 7) is 5.23. The number of benzene rings is 1. The lowest BCUT2D eigenvalue weighted by Crippen LogP contribution is -2.42. The molecule has 2 rings (SSSR count). The first-order chi connectivity index (χ1) is 10.3. The second-order valence-electron chi connectivity index (χ2n) is 5.91. The van der Waals surface area contributed by atoms with Crippen LogP contribution in [-0.2, 0) is 10.0 Å². The normalized spacial score (nSPS) is 23.3. The highest BCUT2D eigenvalue weighted by Crippen LogP contribution is 2.37. The van der Waals surface area contributed by atoms with Gasteiger partial charge in [0, 0.05) is 19.2 Å². The van der Waals surface area contributed by atoms with Crippen molar-refractivity contribution in [2.45, 2.75) is 25.2 Å². The van der Waals surface area contributed by atoms with Crippen LogP contribution in [0.1, 0.15) is 20.3 Å². The fourth-order valence-corrected chi connectivity index (χ4v) is 5.29. The maximum atomic E-state index is 13.0. The van der Waals surface area contributed by atoms with Crippen molar-refractivity contribution in [3.8, 4) is 11.5 Å². The highest BCUT2D eigenvalue weighted by atomic mass is 79.9. The largest absolute Gasteiger partial charge is 0.496 e. The van der Waals surface area contributed by atoms with Gasteiger partial charge in [0.05, 0.1) is 18.7 Å². The molecule has 1 saturated heterocycles. The molecule has 0 bridgehead atoms. The van der Waals surface area contributed by atoms with Gasteiger partial charge in [-0.25, -0.2) is 8.42 Å². The van der Waals surface area contributed by atoms with Crippen molar-refractivity contribution in [2.24, 2.45) is 11.8 Å². The molecule has 1 aromatic carbocycles. The molecule has 0 N–H and O–H groups in total. The smallest absolute Gasteiger partial charge is 0.246 e. The van der Waals surface area contributed by atoms with Crippen LogP contribution < -0.4 is 9.47 Å².